The van der Waals surface area contributed by atoms with Gasteiger partial charge in [-0.15, -0.1) is 5.10 Å². The van der Waals surface area contributed by atoms with E-state index in [4.69, 9.17) is 4.74 Å². The molecule has 1 amide bonds. The van der Waals surface area contributed by atoms with Crippen LogP contribution in [0.2, 0.25) is 0 Å². The van der Waals surface area contributed by atoms with Crippen LogP contribution in [0.5, 0.6) is 5.75 Å². The van der Waals surface area contributed by atoms with Gasteiger partial charge in [0.25, 0.3) is 5.91 Å². The van der Waals surface area contributed by atoms with E-state index in [2.05, 4.69) is 15.4 Å². The standard InChI is InChI=1S/C24H21FN4O2/c1-15-7-6-9-20(16(15)2)29-23(17-11-13-18(25)14-12-17)27-22(28-29)24(30)26-19-8-4-5-10-21(19)31-3/h4-14H,1-3H3,(H,26,30). The van der Waals surface area contributed by atoms with Crippen LogP contribution in [0.3, 0.4) is 0 Å². The van der Waals surface area contributed by atoms with Crippen LogP contribution in [0.1, 0.15) is 21.7 Å². The van der Waals surface area contributed by atoms with Crippen molar-refractivity contribution in [3.05, 3.63) is 89.5 Å². The van der Waals surface area contributed by atoms with Crippen LogP contribution >= 0.6 is 0 Å². The Kier molecular flexibility index (Phi) is 5.49. The third kappa shape index (κ3) is 4.02. The molecule has 0 aliphatic heterocycles. The smallest absolute Gasteiger partial charge is 0.295 e. The fourth-order valence-corrected chi connectivity index (χ4v) is 3.25. The molecule has 1 N–H and O–H groups in total. The number of hydrogen-bond donors (Lipinski definition) is 1. The molecule has 156 valence electrons. The number of amides is 1. The van der Waals surface area contributed by atoms with Crippen LogP contribution in [0, 0.1) is 19.7 Å². The first-order chi connectivity index (χ1) is 15.0. The fraction of sp³-hybridized carbons (Fsp3) is 0.125. The van der Waals surface area contributed by atoms with Gasteiger partial charge in [-0.1, -0.05) is 24.3 Å². The summed E-state index contributed by atoms with van der Waals surface area (Å²) in [4.78, 5) is 17.4. The molecule has 0 atom stereocenters. The minimum absolute atomic E-state index is 0.00821. The number of methoxy groups -OCH3 is 1. The number of hydrogen-bond acceptors (Lipinski definition) is 4. The number of aryl methyl sites for hydroxylation is 1. The summed E-state index contributed by atoms with van der Waals surface area (Å²) in [6.45, 7) is 3.98. The maximum absolute atomic E-state index is 13.5. The minimum Gasteiger partial charge on any atom is -0.495 e. The molecule has 31 heavy (non-hydrogen) atoms. The lowest BCUT2D eigenvalue weighted by molar-refractivity contribution is 0.101. The normalized spacial score (nSPS) is 10.7. The predicted molar refractivity (Wildman–Crippen MR) is 117 cm³/mol. The van der Waals surface area contributed by atoms with Gasteiger partial charge in [0.05, 0.1) is 18.5 Å². The summed E-state index contributed by atoms with van der Waals surface area (Å²) >= 11 is 0. The highest BCUT2D eigenvalue weighted by atomic mass is 19.1. The van der Waals surface area contributed by atoms with E-state index in [0.29, 0.717) is 22.8 Å². The zero-order chi connectivity index (χ0) is 22.0. The average molecular weight is 416 g/mol. The lowest BCUT2D eigenvalue weighted by atomic mass is 10.1. The van der Waals surface area contributed by atoms with Gasteiger partial charge in [0, 0.05) is 5.56 Å². The number of ether oxygens (including phenoxy) is 1. The van der Waals surface area contributed by atoms with Crippen LogP contribution in [0.4, 0.5) is 10.1 Å². The second-order valence-corrected chi connectivity index (χ2v) is 7.05. The first-order valence-electron chi connectivity index (χ1n) is 9.72. The maximum atomic E-state index is 13.5. The summed E-state index contributed by atoms with van der Waals surface area (Å²) in [6.07, 6.45) is 0. The Labute approximate surface area is 179 Å². The monoisotopic (exact) mass is 416 g/mol. The number of para-hydroxylation sites is 2. The molecule has 4 rings (SSSR count). The summed E-state index contributed by atoms with van der Waals surface area (Å²) in [5, 5.41) is 7.29. The number of nitrogens with one attached hydrogen (secondary N) is 1. The lowest BCUT2D eigenvalue weighted by Crippen LogP contribution is -2.15. The van der Waals surface area contributed by atoms with Crippen LogP contribution in [0.25, 0.3) is 17.1 Å². The number of benzene rings is 3. The Bertz CT molecular complexity index is 1250. The number of anilines is 1. The zero-order valence-electron chi connectivity index (χ0n) is 17.4. The van der Waals surface area contributed by atoms with Gasteiger partial charge in [-0.3, -0.25) is 4.79 Å². The van der Waals surface area contributed by atoms with Crippen molar-refractivity contribution >= 4 is 11.6 Å². The molecule has 4 aromatic rings. The third-order valence-electron chi connectivity index (χ3n) is 5.07. The minimum atomic E-state index is -0.475. The molecular formula is C24H21FN4O2. The second kappa shape index (κ2) is 8.39. The molecule has 1 heterocycles. The average Bonchev–Trinajstić information content (AvgIpc) is 3.22. The van der Waals surface area contributed by atoms with E-state index in [1.165, 1.54) is 19.2 Å². The molecule has 0 aliphatic carbocycles. The SMILES string of the molecule is COc1ccccc1NC(=O)c1nc(-c2ccc(F)cc2)n(-c2cccc(C)c2C)n1. The summed E-state index contributed by atoms with van der Waals surface area (Å²) in [5.41, 5.74) is 4.04. The van der Waals surface area contributed by atoms with E-state index in [9.17, 15) is 9.18 Å². The summed E-state index contributed by atoms with van der Waals surface area (Å²) in [5.74, 6) is 0.140. The van der Waals surface area contributed by atoms with E-state index in [1.807, 2.05) is 38.1 Å². The number of nitrogens with zero attached hydrogens (tertiary/aromatic N) is 3. The zero-order valence-corrected chi connectivity index (χ0v) is 17.4. The molecule has 6 nitrogen and oxygen atoms in total. The molecule has 0 aliphatic rings. The van der Waals surface area contributed by atoms with Crippen molar-refractivity contribution in [1.29, 1.82) is 0 Å². The highest BCUT2D eigenvalue weighted by molar-refractivity contribution is 6.02. The van der Waals surface area contributed by atoms with Crippen molar-refractivity contribution in [1.82, 2.24) is 14.8 Å². The van der Waals surface area contributed by atoms with Crippen LogP contribution < -0.4 is 10.1 Å². The Morgan fingerprint density at radius 3 is 2.48 bits per heavy atom. The highest BCUT2D eigenvalue weighted by Crippen LogP contribution is 2.26. The number of rotatable bonds is 5. The van der Waals surface area contributed by atoms with Crippen molar-refractivity contribution < 1.29 is 13.9 Å². The van der Waals surface area contributed by atoms with Gasteiger partial charge in [-0.2, -0.15) is 0 Å². The molecule has 0 spiro atoms. The number of halogens is 1. The molecule has 0 unspecified atom stereocenters. The van der Waals surface area contributed by atoms with Gasteiger partial charge in [0.2, 0.25) is 5.82 Å². The van der Waals surface area contributed by atoms with Crippen molar-refractivity contribution in [3.8, 4) is 22.8 Å². The molecule has 1 aromatic heterocycles. The van der Waals surface area contributed by atoms with Crippen molar-refractivity contribution in [2.75, 3.05) is 12.4 Å². The van der Waals surface area contributed by atoms with Gasteiger partial charge in [-0.25, -0.2) is 14.1 Å². The van der Waals surface area contributed by atoms with Gasteiger partial charge in [0.1, 0.15) is 11.6 Å². The number of carbonyl (C=O) groups excluding carboxylic acids is 1. The van der Waals surface area contributed by atoms with E-state index in [1.54, 1.807) is 35.0 Å². The van der Waals surface area contributed by atoms with E-state index >= 15 is 0 Å². The summed E-state index contributed by atoms with van der Waals surface area (Å²) in [6, 6.07) is 18.9. The van der Waals surface area contributed by atoms with E-state index < -0.39 is 5.91 Å². The molecule has 0 bridgehead atoms. The van der Waals surface area contributed by atoms with Gasteiger partial charge < -0.3 is 10.1 Å². The lowest BCUT2D eigenvalue weighted by Gasteiger charge is -2.11. The molecule has 7 heteroatoms. The molecule has 0 saturated carbocycles. The van der Waals surface area contributed by atoms with Crippen molar-refractivity contribution in [3.63, 3.8) is 0 Å². The largest absolute Gasteiger partial charge is 0.495 e. The fourth-order valence-electron chi connectivity index (χ4n) is 3.25. The van der Waals surface area contributed by atoms with E-state index in [0.717, 1.165) is 16.8 Å². The van der Waals surface area contributed by atoms with Gasteiger partial charge in [-0.05, 0) is 67.4 Å². The summed E-state index contributed by atoms with van der Waals surface area (Å²) < 4.78 is 20.4. The number of aromatic nitrogens is 3. The van der Waals surface area contributed by atoms with Crippen molar-refractivity contribution in [2.24, 2.45) is 0 Å². The van der Waals surface area contributed by atoms with E-state index in [-0.39, 0.29) is 11.6 Å². The molecule has 0 saturated heterocycles. The number of carbonyl (C=O) groups is 1. The van der Waals surface area contributed by atoms with Crippen LogP contribution in [-0.2, 0) is 0 Å². The predicted octanol–water partition coefficient (Wildman–Crippen LogP) is 4.95. The molecule has 0 radical (unpaired) electrons. The molecule has 3 aromatic carbocycles. The molecule has 0 fully saturated rings. The first-order valence-corrected chi connectivity index (χ1v) is 9.72. The van der Waals surface area contributed by atoms with Crippen LogP contribution in [-0.4, -0.2) is 27.8 Å². The first kappa shape index (κ1) is 20.3. The third-order valence-corrected chi connectivity index (χ3v) is 5.07. The Hall–Kier alpha value is -4.00. The Morgan fingerprint density at radius 1 is 1.00 bits per heavy atom. The molecular weight excluding hydrogens is 395 g/mol. The summed E-state index contributed by atoms with van der Waals surface area (Å²) in [7, 11) is 1.53. The maximum Gasteiger partial charge on any atom is 0.295 e. The van der Waals surface area contributed by atoms with Gasteiger partial charge >= 0.3 is 0 Å². The van der Waals surface area contributed by atoms with Crippen LogP contribution in [0.15, 0.2) is 66.7 Å². The van der Waals surface area contributed by atoms with Crippen molar-refractivity contribution in [2.45, 2.75) is 13.8 Å². The quantitative estimate of drug-likeness (QED) is 0.500. The topological polar surface area (TPSA) is 69.0 Å². The highest BCUT2D eigenvalue weighted by Gasteiger charge is 2.21. The second-order valence-electron chi connectivity index (χ2n) is 7.05. The Morgan fingerprint density at radius 2 is 1.74 bits per heavy atom. The van der Waals surface area contributed by atoms with Gasteiger partial charge in [0.15, 0.2) is 5.82 Å². The Balaban J connectivity index is 1.80.